The minimum Gasteiger partial charge on any atom is -0.481 e. The highest BCUT2D eigenvalue weighted by atomic mass is 32.2. The lowest BCUT2D eigenvalue weighted by atomic mass is 10.0. The number of carboxylic acid groups (broad SMARTS) is 1. The first-order chi connectivity index (χ1) is 8.39. The minimum absolute atomic E-state index is 0.100. The van der Waals surface area contributed by atoms with Crippen LogP contribution in [0.25, 0.3) is 10.8 Å². The first-order valence-electron chi connectivity index (χ1n) is 5.09. The number of carboxylic acids is 1. The number of aliphatic carboxylic acids is 1. The third-order valence-electron chi connectivity index (χ3n) is 2.60. The molecule has 0 bridgehead atoms. The summed E-state index contributed by atoms with van der Waals surface area (Å²) < 4.78 is 31.6. The van der Waals surface area contributed by atoms with Gasteiger partial charge >= 0.3 is 5.97 Å². The summed E-state index contributed by atoms with van der Waals surface area (Å²) in [6, 6.07) is 9.57. The van der Waals surface area contributed by atoms with Gasteiger partial charge < -0.3 is 5.11 Å². The van der Waals surface area contributed by atoms with E-state index < -0.39 is 22.5 Å². The third kappa shape index (κ3) is 2.34. The van der Waals surface area contributed by atoms with Crippen molar-refractivity contribution in [1.82, 2.24) is 0 Å². The predicted molar refractivity (Wildman–Crippen MR) is 65.1 cm³/mol. The zero-order valence-corrected chi connectivity index (χ0v) is 10.0. The Balaban J connectivity index is 2.83. The molecule has 2 N–H and O–H groups in total. The smallest absolute Gasteiger partial charge is 0.307 e. The van der Waals surface area contributed by atoms with Gasteiger partial charge in [0, 0.05) is 0 Å². The highest BCUT2D eigenvalue weighted by Gasteiger charge is 2.19. The first kappa shape index (κ1) is 12.5. The molecule has 0 saturated carbocycles. The molecule has 0 aromatic heterocycles. The number of fused-ring (bicyclic) bond motifs is 1. The molecule has 2 rings (SSSR count). The van der Waals surface area contributed by atoms with Gasteiger partial charge in [-0.2, -0.15) is 8.42 Å². The Hall–Kier alpha value is -1.92. The molecule has 0 unspecified atom stereocenters. The van der Waals surface area contributed by atoms with Crippen LogP contribution in [0.4, 0.5) is 0 Å². The summed E-state index contributed by atoms with van der Waals surface area (Å²) in [7, 11) is -4.43. The van der Waals surface area contributed by atoms with E-state index in [1.165, 1.54) is 12.1 Å². The summed E-state index contributed by atoms with van der Waals surface area (Å²) in [5, 5.41) is 10.1. The highest BCUT2D eigenvalue weighted by Crippen LogP contribution is 2.26. The average Bonchev–Trinajstić information content (AvgIpc) is 2.27. The maximum atomic E-state index is 11.2. The molecule has 0 aliphatic heterocycles. The lowest BCUT2D eigenvalue weighted by Gasteiger charge is -2.09. The van der Waals surface area contributed by atoms with Gasteiger partial charge in [0.1, 0.15) is 0 Å². The summed E-state index contributed by atoms with van der Waals surface area (Å²) in [5.74, 6) is -1.16. The molecule has 0 radical (unpaired) electrons. The molecular formula is C12H10O5S. The van der Waals surface area contributed by atoms with Crippen molar-refractivity contribution in [2.24, 2.45) is 0 Å². The van der Waals surface area contributed by atoms with Crippen LogP contribution in [0.1, 0.15) is 5.56 Å². The van der Waals surface area contributed by atoms with Gasteiger partial charge in [0.2, 0.25) is 0 Å². The van der Waals surface area contributed by atoms with Gasteiger partial charge in [-0.25, -0.2) is 0 Å². The standard InChI is InChI=1S/C12H10O5S/c13-12(14)7-10-9-4-2-1-3-8(9)5-6-11(10)18(15,16)17/h1-6H,7H2,(H,13,14)(H,15,16,17). The number of hydrogen-bond acceptors (Lipinski definition) is 3. The molecule has 0 aliphatic carbocycles. The lowest BCUT2D eigenvalue weighted by Crippen LogP contribution is -2.08. The monoisotopic (exact) mass is 266 g/mol. The van der Waals surface area contributed by atoms with E-state index in [0.29, 0.717) is 5.39 Å². The molecular weight excluding hydrogens is 256 g/mol. The Morgan fingerprint density at radius 1 is 1.11 bits per heavy atom. The molecule has 94 valence electrons. The molecule has 0 aliphatic rings. The van der Waals surface area contributed by atoms with Gasteiger partial charge in [0.15, 0.2) is 0 Å². The Bertz CT molecular complexity index is 718. The van der Waals surface area contributed by atoms with Crippen LogP contribution in [0.2, 0.25) is 0 Å². The summed E-state index contributed by atoms with van der Waals surface area (Å²) in [5.41, 5.74) is 0.100. The zero-order valence-electron chi connectivity index (χ0n) is 9.20. The van der Waals surface area contributed by atoms with Crippen LogP contribution >= 0.6 is 0 Å². The molecule has 0 spiro atoms. The second-order valence-electron chi connectivity index (χ2n) is 3.81. The second kappa shape index (κ2) is 4.40. The van der Waals surface area contributed by atoms with Crippen molar-refractivity contribution in [2.45, 2.75) is 11.3 Å². The molecule has 2 aromatic rings. The number of hydrogen-bond donors (Lipinski definition) is 2. The van der Waals surface area contributed by atoms with E-state index in [9.17, 15) is 13.2 Å². The zero-order chi connectivity index (χ0) is 13.3. The number of rotatable bonds is 3. The van der Waals surface area contributed by atoms with Gasteiger partial charge in [-0.15, -0.1) is 0 Å². The van der Waals surface area contributed by atoms with Crippen LogP contribution < -0.4 is 0 Å². The van der Waals surface area contributed by atoms with Crippen molar-refractivity contribution in [3.05, 3.63) is 42.0 Å². The first-order valence-corrected chi connectivity index (χ1v) is 6.53. The molecule has 5 nitrogen and oxygen atoms in total. The average molecular weight is 266 g/mol. The van der Waals surface area contributed by atoms with Gasteiger partial charge in [-0.1, -0.05) is 30.3 Å². The summed E-state index contributed by atoms with van der Waals surface area (Å²) >= 11 is 0. The third-order valence-corrected chi connectivity index (χ3v) is 3.54. The fourth-order valence-corrected chi connectivity index (χ4v) is 2.62. The van der Waals surface area contributed by atoms with Crippen LogP contribution in [-0.4, -0.2) is 24.0 Å². The van der Waals surface area contributed by atoms with E-state index in [1.54, 1.807) is 24.3 Å². The van der Waals surface area contributed by atoms with Gasteiger partial charge in [-0.05, 0) is 22.4 Å². The molecule has 0 saturated heterocycles. The summed E-state index contributed by atoms with van der Waals surface area (Å²) in [6.07, 6.45) is -0.462. The molecule has 2 aromatic carbocycles. The van der Waals surface area contributed by atoms with E-state index in [1.807, 2.05) is 0 Å². The number of carbonyl (C=O) groups is 1. The quantitative estimate of drug-likeness (QED) is 0.825. The normalized spacial score (nSPS) is 11.6. The highest BCUT2D eigenvalue weighted by molar-refractivity contribution is 7.85. The summed E-state index contributed by atoms with van der Waals surface area (Å²) in [6.45, 7) is 0. The van der Waals surface area contributed by atoms with E-state index in [-0.39, 0.29) is 10.5 Å². The molecule has 0 atom stereocenters. The topological polar surface area (TPSA) is 91.7 Å². The van der Waals surface area contributed by atoms with Crippen LogP contribution in [0.3, 0.4) is 0 Å². The van der Waals surface area contributed by atoms with E-state index in [0.717, 1.165) is 5.39 Å². The summed E-state index contributed by atoms with van der Waals surface area (Å²) in [4.78, 5) is 10.5. The predicted octanol–water partition coefficient (Wildman–Crippen LogP) is 1.71. The second-order valence-corrected chi connectivity index (χ2v) is 5.20. The fourth-order valence-electron chi connectivity index (χ4n) is 1.89. The maximum absolute atomic E-state index is 11.2. The molecule has 18 heavy (non-hydrogen) atoms. The van der Waals surface area contributed by atoms with Crippen LogP contribution in [0.5, 0.6) is 0 Å². The van der Waals surface area contributed by atoms with Crippen LogP contribution in [0.15, 0.2) is 41.3 Å². The van der Waals surface area contributed by atoms with E-state index in [4.69, 9.17) is 9.66 Å². The Morgan fingerprint density at radius 2 is 1.78 bits per heavy atom. The van der Waals surface area contributed by atoms with Gasteiger partial charge in [0.05, 0.1) is 11.3 Å². The molecule has 6 heteroatoms. The van der Waals surface area contributed by atoms with Crippen molar-refractivity contribution in [3.63, 3.8) is 0 Å². The lowest BCUT2D eigenvalue weighted by molar-refractivity contribution is -0.136. The number of benzene rings is 2. The van der Waals surface area contributed by atoms with Crippen molar-refractivity contribution in [3.8, 4) is 0 Å². The van der Waals surface area contributed by atoms with Crippen molar-refractivity contribution < 1.29 is 22.9 Å². The fraction of sp³-hybridized carbons (Fsp3) is 0.0833. The molecule has 0 heterocycles. The Labute approximate surface area is 103 Å². The van der Waals surface area contributed by atoms with Gasteiger partial charge in [0.25, 0.3) is 10.1 Å². The van der Waals surface area contributed by atoms with E-state index >= 15 is 0 Å². The van der Waals surface area contributed by atoms with E-state index in [2.05, 4.69) is 0 Å². The SMILES string of the molecule is O=C(O)Cc1c(S(=O)(=O)O)ccc2ccccc12. The minimum atomic E-state index is -4.43. The van der Waals surface area contributed by atoms with Crippen LogP contribution in [0, 0.1) is 0 Å². The van der Waals surface area contributed by atoms with Crippen molar-refractivity contribution >= 4 is 26.9 Å². The van der Waals surface area contributed by atoms with Crippen LogP contribution in [-0.2, 0) is 21.3 Å². The van der Waals surface area contributed by atoms with Gasteiger partial charge in [-0.3, -0.25) is 9.35 Å². The van der Waals surface area contributed by atoms with Crippen molar-refractivity contribution in [1.29, 1.82) is 0 Å². The Morgan fingerprint density at radius 3 is 2.39 bits per heavy atom. The molecule has 0 fully saturated rings. The largest absolute Gasteiger partial charge is 0.481 e. The Kier molecular flexibility index (Phi) is 3.06. The maximum Gasteiger partial charge on any atom is 0.307 e. The van der Waals surface area contributed by atoms with Crippen molar-refractivity contribution in [2.75, 3.05) is 0 Å². The molecule has 0 amide bonds.